The van der Waals surface area contributed by atoms with Gasteiger partial charge in [0.05, 0.1) is 5.54 Å². The van der Waals surface area contributed by atoms with E-state index in [9.17, 15) is 4.79 Å². The third kappa shape index (κ3) is 1.51. The minimum absolute atomic E-state index is 0.0255. The number of fused-ring (bicyclic) bond motifs is 1. The number of rotatable bonds is 0. The van der Waals surface area contributed by atoms with Crippen LogP contribution in [0.3, 0.4) is 0 Å². The van der Waals surface area contributed by atoms with Gasteiger partial charge in [-0.2, -0.15) is 0 Å². The summed E-state index contributed by atoms with van der Waals surface area (Å²) in [6.45, 7) is 3.98. The van der Waals surface area contributed by atoms with Crippen molar-refractivity contribution in [1.29, 1.82) is 0 Å². The average Bonchev–Trinajstić information content (AvgIpc) is 2.25. The first-order valence-electron chi connectivity index (χ1n) is 4.46. The molecular formula is C10H12N3O+. The third-order valence-corrected chi connectivity index (χ3v) is 2.11. The normalized spacial score (nSPS) is 18.3. The van der Waals surface area contributed by atoms with E-state index in [2.05, 4.69) is 15.3 Å². The highest BCUT2D eigenvalue weighted by Crippen LogP contribution is 2.21. The predicted molar refractivity (Wildman–Crippen MR) is 52.0 cm³/mol. The van der Waals surface area contributed by atoms with E-state index in [4.69, 9.17) is 0 Å². The summed E-state index contributed by atoms with van der Waals surface area (Å²) in [7, 11) is 0. The molecule has 0 saturated heterocycles. The van der Waals surface area contributed by atoms with Crippen LogP contribution >= 0.6 is 0 Å². The zero-order valence-corrected chi connectivity index (χ0v) is 8.16. The van der Waals surface area contributed by atoms with Gasteiger partial charge < -0.3 is 5.32 Å². The maximum absolute atomic E-state index is 11.6. The number of carbonyl (C=O) groups excluding carboxylic acids is 1. The molecule has 0 spiro atoms. The second-order valence-electron chi connectivity index (χ2n) is 3.88. The van der Waals surface area contributed by atoms with Crippen molar-refractivity contribution in [3.8, 4) is 0 Å². The summed E-state index contributed by atoms with van der Waals surface area (Å²) in [4.78, 5) is 18.5. The van der Waals surface area contributed by atoms with Gasteiger partial charge >= 0.3 is 0 Å². The summed E-state index contributed by atoms with van der Waals surface area (Å²) >= 11 is 0. The van der Waals surface area contributed by atoms with Crippen molar-refractivity contribution >= 4 is 11.6 Å². The SMILES string of the molecule is CC1(C)C=CC(=O)c2c[nH+]cnc2N1. The van der Waals surface area contributed by atoms with Crippen molar-refractivity contribution in [1.82, 2.24) is 4.98 Å². The molecule has 0 fully saturated rings. The van der Waals surface area contributed by atoms with Crippen molar-refractivity contribution in [3.63, 3.8) is 0 Å². The maximum Gasteiger partial charge on any atom is 0.286 e. The average molecular weight is 190 g/mol. The first kappa shape index (κ1) is 8.87. The van der Waals surface area contributed by atoms with Gasteiger partial charge in [0, 0.05) is 0 Å². The number of ketones is 1. The van der Waals surface area contributed by atoms with Crippen molar-refractivity contribution < 1.29 is 9.78 Å². The number of H-pyrrole nitrogens is 1. The number of allylic oxidation sites excluding steroid dienone is 1. The van der Waals surface area contributed by atoms with Gasteiger partial charge in [-0.05, 0) is 24.9 Å². The third-order valence-electron chi connectivity index (χ3n) is 2.11. The number of aromatic amines is 1. The number of hydrogen-bond donors (Lipinski definition) is 1. The van der Waals surface area contributed by atoms with Gasteiger partial charge in [0.2, 0.25) is 0 Å². The van der Waals surface area contributed by atoms with Crippen LogP contribution in [0.4, 0.5) is 5.82 Å². The number of anilines is 1. The van der Waals surface area contributed by atoms with Crippen LogP contribution in [0.5, 0.6) is 0 Å². The van der Waals surface area contributed by atoms with Crippen LogP contribution in [-0.4, -0.2) is 16.3 Å². The molecule has 14 heavy (non-hydrogen) atoms. The molecule has 2 heterocycles. The van der Waals surface area contributed by atoms with E-state index in [0.29, 0.717) is 11.4 Å². The second-order valence-corrected chi connectivity index (χ2v) is 3.88. The zero-order valence-electron chi connectivity index (χ0n) is 8.16. The van der Waals surface area contributed by atoms with Gasteiger partial charge in [0.1, 0.15) is 11.8 Å². The molecule has 1 aliphatic rings. The van der Waals surface area contributed by atoms with Crippen LogP contribution in [0.1, 0.15) is 24.2 Å². The molecule has 0 aliphatic carbocycles. The number of carbonyl (C=O) groups is 1. The van der Waals surface area contributed by atoms with E-state index in [1.807, 2.05) is 19.9 Å². The number of nitrogens with zero attached hydrogens (tertiary/aromatic N) is 1. The van der Waals surface area contributed by atoms with Crippen LogP contribution in [0.2, 0.25) is 0 Å². The number of hydrogen-bond acceptors (Lipinski definition) is 3. The topological polar surface area (TPSA) is 56.1 Å². The summed E-state index contributed by atoms with van der Waals surface area (Å²) in [5.74, 6) is 0.603. The lowest BCUT2D eigenvalue weighted by Crippen LogP contribution is -2.28. The molecule has 4 nitrogen and oxygen atoms in total. The lowest BCUT2D eigenvalue weighted by molar-refractivity contribution is -0.382. The van der Waals surface area contributed by atoms with Gasteiger partial charge in [-0.3, -0.25) is 4.79 Å². The van der Waals surface area contributed by atoms with Crippen LogP contribution in [0.15, 0.2) is 24.7 Å². The fourth-order valence-electron chi connectivity index (χ4n) is 1.37. The summed E-state index contributed by atoms with van der Waals surface area (Å²) in [6.07, 6.45) is 6.63. The minimum Gasteiger partial charge on any atom is -0.340 e. The Kier molecular flexibility index (Phi) is 1.84. The molecule has 2 rings (SSSR count). The molecular weight excluding hydrogens is 178 g/mol. The Morgan fingerprint density at radius 2 is 2.29 bits per heavy atom. The fourth-order valence-corrected chi connectivity index (χ4v) is 1.37. The van der Waals surface area contributed by atoms with Crippen LogP contribution in [0, 0.1) is 0 Å². The van der Waals surface area contributed by atoms with E-state index in [1.54, 1.807) is 18.6 Å². The molecule has 0 bridgehead atoms. The minimum atomic E-state index is -0.241. The van der Waals surface area contributed by atoms with Crippen molar-refractivity contribution in [2.24, 2.45) is 0 Å². The molecule has 0 saturated carbocycles. The Bertz CT molecular complexity index is 410. The number of nitrogens with one attached hydrogen (secondary N) is 2. The summed E-state index contributed by atoms with van der Waals surface area (Å²) in [5, 5.41) is 3.19. The molecule has 0 unspecified atom stereocenters. The molecule has 0 atom stereocenters. The lowest BCUT2D eigenvalue weighted by atomic mass is 10.1. The predicted octanol–water partition coefficient (Wildman–Crippen LogP) is 0.839. The van der Waals surface area contributed by atoms with Crippen LogP contribution < -0.4 is 10.3 Å². The van der Waals surface area contributed by atoms with E-state index in [0.717, 1.165) is 0 Å². The Balaban J connectivity index is 2.55. The lowest BCUT2D eigenvalue weighted by Gasteiger charge is -2.19. The largest absolute Gasteiger partial charge is 0.340 e. The molecule has 1 aliphatic heterocycles. The molecule has 0 amide bonds. The summed E-state index contributed by atoms with van der Waals surface area (Å²) in [6, 6.07) is 0. The highest BCUT2D eigenvalue weighted by Gasteiger charge is 2.25. The van der Waals surface area contributed by atoms with Crippen molar-refractivity contribution in [2.75, 3.05) is 5.32 Å². The van der Waals surface area contributed by atoms with E-state index >= 15 is 0 Å². The molecule has 4 heteroatoms. The first-order valence-corrected chi connectivity index (χ1v) is 4.46. The van der Waals surface area contributed by atoms with Crippen molar-refractivity contribution in [2.45, 2.75) is 19.4 Å². The van der Waals surface area contributed by atoms with E-state index < -0.39 is 0 Å². The molecule has 2 N–H and O–H groups in total. The van der Waals surface area contributed by atoms with Gasteiger partial charge in [-0.15, -0.1) is 0 Å². The number of aromatic nitrogens is 2. The van der Waals surface area contributed by atoms with Crippen LogP contribution in [-0.2, 0) is 0 Å². The fraction of sp³-hybridized carbons (Fsp3) is 0.300. The van der Waals surface area contributed by atoms with E-state index in [-0.39, 0.29) is 11.3 Å². The standard InChI is InChI=1S/C10H11N3O/c1-10(2)4-3-8(14)7-5-11-6-12-9(7)13-10/h3-6H,1-2H3,(H,11,12,13)/p+1. The second kappa shape index (κ2) is 2.90. The molecule has 1 aromatic rings. The summed E-state index contributed by atoms with van der Waals surface area (Å²) in [5.41, 5.74) is 0.337. The summed E-state index contributed by atoms with van der Waals surface area (Å²) < 4.78 is 0. The van der Waals surface area contributed by atoms with Gasteiger partial charge in [0.15, 0.2) is 5.78 Å². The van der Waals surface area contributed by atoms with E-state index in [1.165, 1.54) is 0 Å². The van der Waals surface area contributed by atoms with Gasteiger partial charge in [-0.25, -0.2) is 4.98 Å². The van der Waals surface area contributed by atoms with Crippen molar-refractivity contribution in [3.05, 3.63) is 30.2 Å². The quantitative estimate of drug-likeness (QED) is 0.659. The van der Waals surface area contributed by atoms with Gasteiger partial charge in [0.25, 0.3) is 12.1 Å². The zero-order chi connectivity index (χ0) is 10.2. The first-order chi connectivity index (χ1) is 6.58. The molecule has 0 aromatic carbocycles. The highest BCUT2D eigenvalue weighted by atomic mass is 16.1. The maximum atomic E-state index is 11.6. The Morgan fingerprint density at radius 1 is 1.50 bits per heavy atom. The molecule has 72 valence electrons. The Hall–Kier alpha value is -1.71. The molecule has 0 radical (unpaired) electrons. The smallest absolute Gasteiger partial charge is 0.286 e. The Morgan fingerprint density at radius 3 is 3.07 bits per heavy atom. The van der Waals surface area contributed by atoms with Crippen LogP contribution in [0.25, 0.3) is 0 Å². The highest BCUT2D eigenvalue weighted by molar-refractivity contribution is 6.08. The molecule has 1 aromatic heterocycles. The van der Waals surface area contributed by atoms with Gasteiger partial charge in [-0.1, -0.05) is 6.08 Å². The monoisotopic (exact) mass is 190 g/mol. The Labute approximate surface area is 82.1 Å².